The molecule has 0 saturated heterocycles. The fourth-order valence-electron chi connectivity index (χ4n) is 2.62. The van der Waals surface area contributed by atoms with Gasteiger partial charge in [0.05, 0.1) is 6.61 Å². The molecule has 0 amide bonds. The minimum Gasteiger partial charge on any atom is -0.493 e. The lowest BCUT2D eigenvalue weighted by Crippen LogP contribution is -2.13. The molecule has 24 heavy (non-hydrogen) atoms. The Balaban J connectivity index is 1.75. The van der Waals surface area contributed by atoms with Crippen LogP contribution in [-0.4, -0.2) is 6.61 Å². The molecule has 0 saturated carbocycles. The third kappa shape index (κ3) is 6.71. The molecule has 1 N–H and O–H groups in total. The number of ether oxygens (including phenoxy) is 1. The van der Waals surface area contributed by atoms with E-state index < -0.39 is 0 Å². The lowest BCUT2D eigenvalue weighted by atomic mass is 10.1. The van der Waals surface area contributed by atoms with E-state index in [9.17, 15) is 4.39 Å². The summed E-state index contributed by atoms with van der Waals surface area (Å²) in [6.07, 6.45) is 6.21. The fraction of sp³-hybridized carbons (Fsp3) is 0.429. The van der Waals surface area contributed by atoms with Gasteiger partial charge in [-0.2, -0.15) is 0 Å². The highest BCUT2D eigenvalue weighted by atomic mass is 19.1. The zero-order valence-electron chi connectivity index (χ0n) is 14.6. The van der Waals surface area contributed by atoms with Crippen LogP contribution in [-0.2, 0) is 13.1 Å². The molecule has 0 atom stereocenters. The van der Waals surface area contributed by atoms with Gasteiger partial charge < -0.3 is 10.1 Å². The minimum absolute atomic E-state index is 0.198. The van der Waals surface area contributed by atoms with Gasteiger partial charge in [-0.3, -0.25) is 0 Å². The lowest BCUT2D eigenvalue weighted by molar-refractivity contribution is 0.301. The van der Waals surface area contributed by atoms with E-state index in [1.807, 2.05) is 18.2 Å². The second-order valence-electron chi connectivity index (χ2n) is 6.10. The van der Waals surface area contributed by atoms with Crippen LogP contribution in [0.5, 0.6) is 5.75 Å². The summed E-state index contributed by atoms with van der Waals surface area (Å²) in [5, 5.41) is 3.39. The molecule has 0 bridgehead atoms. The molecule has 3 heteroatoms. The number of nitrogens with one attached hydrogen (secondary N) is 1. The topological polar surface area (TPSA) is 21.3 Å². The quantitative estimate of drug-likeness (QED) is 0.552. The average Bonchev–Trinajstić information content (AvgIpc) is 2.61. The van der Waals surface area contributed by atoms with Crippen molar-refractivity contribution in [3.63, 3.8) is 0 Å². The summed E-state index contributed by atoms with van der Waals surface area (Å²) >= 11 is 0. The van der Waals surface area contributed by atoms with Gasteiger partial charge in [0.2, 0.25) is 0 Å². The molecule has 0 aliphatic heterocycles. The molecule has 2 aromatic rings. The van der Waals surface area contributed by atoms with Gasteiger partial charge in [0, 0.05) is 18.7 Å². The molecule has 0 spiro atoms. The first-order valence-electron chi connectivity index (χ1n) is 8.95. The molecule has 0 aliphatic carbocycles. The normalized spacial score (nSPS) is 10.8. The highest BCUT2D eigenvalue weighted by Gasteiger charge is 2.03. The predicted octanol–water partition coefficient (Wildman–Crippen LogP) is 5.46. The predicted molar refractivity (Wildman–Crippen MR) is 97.6 cm³/mol. The summed E-state index contributed by atoms with van der Waals surface area (Å²) in [5.41, 5.74) is 2.24. The SMILES string of the molecule is CCCCCCCOc1ccccc1CNCc1ccc(F)cc1. The first-order valence-corrected chi connectivity index (χ1v) is 8.95. The van der Waals surface area contributed by atoms with Gasteiger partial charge in [0.15, 0.2) is 0 Å². The number of unbranched alkanes of at least 4 members (excludes halogenated alkanes) is 4. The Morgan fingerprint density at radius 1 is 0.875 bits per heavy atom. The first kappa shape index (κ1) is 18.5. The third-order valence-electron chi connectivity index (χ3n) is 4.04. The van der Waals surface area contributed by atoms with Crippen LogP contribution in [0.15, 0.2) is 48.5 Å². The van der Waals surface area contributed by atoms with Crippen LogP contribution in [0.1, 0.15) is 50.2 Å². The van der Waals surface area contributed by atoms with E-state index in [0.29, 0.717) is 6.54 Å². The zero-order valence-corrected chi connectivity index (χ0v) is 14.6. The van der Waals surface area contributed by atoms with Crippen LogP contribution in [0.25, 0.3) is 0 Å². The summed E-state index contributed by atoms with van der Waals surface area (Å²) in [7, 11) is 0. The smallest absolute Gasteiger partial charge is 0.123 e. The van der Waals surface area contributed by atoms with E-state index in [4.69, 9.17) is 4.74 Å². The Hall–Kier alpha value is -1.87. The van der Waals surface area contributed by atoms with E-state index >= 15 is 0 Å². The van der Waals surface area contributed by atoms with Crippen LogP contribution >= 0.6 is 0 Å². The van der Waals surface area contributed by atoms with Crippen molar-refractivity contribution in [3.05, 3.63) is 65.5 Å². The largest absolute Gasteiger partial charge is 0.493 e. The molecular formula is C21H28FNO. The first-order chi connectivity index (χ1) is 11.8. The van der Waals surface area contributed by atoms with Gasteiger partial charge in [-0.25, -0.2) is 4.39 Å². The second-order valence-corrected chi connectivity index (χ2v) is 6.10. The van der Waals surface area contributed by atoms with E-state index in [1.165, 1.54) is 37.8 Å². The monoisotopic (exact) mass is 329 g/mol. The molecule has 130 valence electrons. The van der Waals surface area contributed by atoms with Crippen molar-refractivity contribution in [2.75, 3.05) is 6.61 Å². The Kier molecular flexibility index (Phi) is 8.33. The summed E-state index contributed by atoms with van der Waals surface area (Å²) < 4.78 is 18.9. The van der Waals surface area contributed by atoms with Crippen LogP contribution in [0, 0.1) is 5.82 Å². The number of hydrogen-bond acceptors (Lipinski definition) is 2. The van der Waals surface area contributed by atoms with Gasteiger partial charge in [0.1, 0.15) is 11.6 Å². The lowest BCUT2D eigenvalue weighted by Gasteiger charge is -2.12. The minimum atomic E-state index is -0.198. The Morgan fingerprint density at radius 2 is 1.62 bits per heavy atom. The number of halogens is 1. The van der Waals surface area contributed by atoms with Crippen LogP contribution < -0.4 is 10.1 Å². The maximum absolute atomic E-state index is 12.9. The van der Waals surface area contributed by atoms with Gasteiger partial charge >= 0.3 is 0 Å². The van der Waals surface area contributed by atoms with E-state index in [-0.39, 0.29) is 5.82 Å². The van der Waals surface area contributed by atoms with Gasteiger partial charge in [-0.1, -0.05) is 62.9 Å². The maximum atomic E-state index is 12.9. The van der Waals surface area contributed by atoms with Crippen LogP contribution in [0.2, 0.25) is 0 Å². The summed E-state index contributed by atoms with van der Waals surface area (Å²) in [6, 6.07) is 14.8. The molecule has 2 aromatic carbocycles. The molecule has 2 rings (SSSR count). The summed E-state index contributed by atoms with van der Waals surface area (Å²) in [5.74, 6) is 0.760. The van der Waals surface area contributed by atoms with Crippen molar-refractivity contribution < 1.29 is 9.13 Å². The highest BCUT2D eigenvalue weighted by molar-refractivity contribution is 5.33. The molecule has 0 aromatic heterocycles. The zero-order chi connectivity index (χ0) is 17.0. The molecular weight excluding hydrogens is 301 g/mol. The number of hydrogen-bond donors (Lipinski definition) is 1. The number of benzene rings is 2. The van der Waals surface area contributed by atoms with Crippen molar-refractivity contribution in [1.82, 2.24) is 5.32 Å². The number of rotatable bonds is 11. The van der Waals surface area contributed by atoms with Gasteiger partial charge in [-0.15, -0.1) is 0 Å². The molecule has 0 radical (unpaired) electrons. The number of para-hydroxylation sites is 1. The molecule has 0 aliphatic rings. The van der Waals surface area contributed by atoms with Crippen molar-refractivity contribution in [3.8, 4) is 5.75 Å². The Morgan fingerprint density at radius 3 is 2.42 bits per heavy atom. The van der Waals surface area contributed by atoms with Gasteiger partial charge in [-0.05, 0) is 30.2 Å². The second kappa shape index (κ2) is 10.8. The fourth-order valence-corrected chi connectivity index (χ4v) is 2.62. The van der Waals surface area contributed by atoms with Crippen molar-refractivity contribution in [2.24, 2.45) is 0 Å². The Labute approximate surface area is 145 Å². The Bertz CT molecular complexity index is 583. The van der Waals surface area contributed by atoms with Crippen molar-refractivity contribution in [2.45, 2.75) is 52.1 Å². The average molecular weight is 329 g/mol. The molecule has 0 fully saturated rings. The standard InChI is InChI=1S/C21H28FNO/c1-2-3-4-5-8-15-24-21-10-7-6-9-19(21)17-23-16-18-11-13-20(22)14-12-18/h6-7,9-14,23H,2-5,8,15-17H2,1H3. The van der Waals surface area contributed by atoms with Crippen LogP contribution in [0.4, 0.5) is 4.39 Å². The van der Waals surface area contributed by atoms with E-state index in [0.717, 1.165) is 36.4 Å². The van der Waals surface area contributed by atoms with E-state index in [1.54, 1.807) is 12.1 Å². The molecule has 0 heterocycles. The van der Waals surface area contributed by atoms with Crippen LogP contribution in [0.3, 0.4) is 0 Å². The maximum Gasteiger partial charge on any atom is 0.123 e. The van der Waals surface area contributed by atoms with Crippen molar-refractivity contribution in [1.29, 1.82) is 0 Å². The molecule has 2 nitrogen and oxygen atoms in total. The van der Waals surface area contributed by atoms with Crippen molar-refractivity contribution >= 4 is 0 Å². The van der Waals surface area contributed by atoms with Gasteiger partial charge in [0.25, 0.3) is 0 Å². The molecule has 0 unspecified atom stereocenters. The highest BCUT2D eigenvalue weighted by Crippen LogP contribution is 2.18. The third-order valence-corrected chi connectivity index (χ3v) is 4.04. The summed E-state index contributed by atoms with van der Waals surface area (Å²) in [6.45, 7) is 4.46. The summed E-state index contributed by atoms with van der Waals surface area (Å²) in [4.78, 5) is 0. The van der Waals surface area contributed by atoms with E-state index in [2.05, 4.69) is 18.3 Å².